The summed E-state index contributed by atoms with van der Waals surface area (Å²) in [5, 5.41) is 5.24. The number of hydrogen-bond donors (Lipinski definition) is 0. The zero-order valence-corrected chi connectivity index (χ0v) is 22.5. The maximum Gasteiger partial charge on any atom is 0.0582 e. The van der Waals surface area contributed by atoms with E-state index in [-0.39, 0.29) is 5.41 Å². The normalized spacial score (nSPS) is 13.7. The molecule has 0 N–H and O–H groups in total. The Morgan fingerprint density at radius 1 is 0.538 bits per heavy atom. The Morgan fingerprint density at radius 3 is 2.15 bits per heavy atom. The van der Waals surface area contributed by atoms with Gasteiger partial charge in [-0.3, -0.25) is 0 Å². The molecule has 8 rings (SSSR count). The number of rotatable bonds is 2. The lowest BCUT2D eigenvalue weighted by molar-refractivity contribution is 0.630. The summed E-state index contributed by atoms with van der Waals surface area (Å²) in [6.45, 7) is 6.97. The van der Waals surface area contributed by atoms with Crippen LogP contribution in [0.5, 0.6) is 0 Å². The number of fused-ring (bicyclic) bond motifs is 6. The summed E-state index contributed by atoms with van der Waals surface area (Å²) in [4.78, 5) is 0. The van der Waals surface area contributed by atoms with Crippen LogP contribution in [0.1, 0.15) is 30.5 Å². The number of para-hydroxylation sites is 2. The second-order valence-electron chi connectivity index (χ2n) is 11.5. The van der Waals surface area contributed by atoms with Gasteiger partial charge < -0.3 is 4.57 Å². The molecule has 0 saturated heterocycles. The van der Waals surface area contributed by atoms with Crippen molar-refractivity contribution < 1.29 is 0 Å². The fraction of sp³-hybridized carbons (Fsp3) is 0.105. The molecule has 6 aromatic carbocycles. The third-order valence-electron chi connectivity index (χ3n) is 8.90. The van der Waals surface area contributed by atoms with Crippen molar-refractivity contribution in [2.24, 2.45) is 0 Å². The van der Waals surface area contributed by atoms with E-state index in [1.165, 1.54) is 77.2 Å². The molecule has 0 spiro atoms. The number of benzene rings is 6. The molecular formula is C38H29N. The van der Waals surface area contributed by atoms with Crippen LogP contribution >= 0.6 is 0 Å². The summed E-state index contributed by atoms with van der Waals surface area (Å²) in [6, 6.07) is 44.9. The number of hydrogen-bond acceptors (Lipinski definition) is 0. The van der Waals surface area contributed by atoms with E-state index in [9.17, 15) is 0 Å². The highest BCUT2D eigenvalue weighted by Gasteiger charge is 2.35. The molecule has 7 aromatic rings. The molecule has 0 unspecified atom stereocenters. The van der Waals surface area contributed by atoms with Crippen molar-refractivity contribution in [3.63, 3.8) is 0 Å². The molecule has 0 bridgehead atoms. The van der Waals surface area contributed by atoms with E-state index >= 15 is 0 Å². The minimum absolute atomic E-state index is 0.112. The average molecular weight is 500 g/mol. The Labute approximate surface area is 229 Å². The fourth-order valence-electron chi connectivity index (χ4n) is 6.95. The van der Waals surface area contributed by atoms with Gasteiger partial charge in [0, 0.05) is 16.2 Å². The van der Waals surface area contributed by atoms with Crippen molar-refractivity contribution in [1.29, 1.82) is 0 Å². The third kappa shape index (κ3) is 3.08. The minimum atomic E-state index is -0.112. The van der Waals surface area contributed by atoms with Crippen LogP contribution in [0.25, 0.3) is 60.5 Å². The van der Waals surface area contributed by atoms with Crippen molar-refractivity contribution in [1.82, 2.24) is 4.57 Å². The van der Waals surface area contributed by atoms with Gasteiger partial charge in [-0.05, 0) is 80.9 Å². The Bertz CT molecular complexity index is 2100. The highest BCUT2D eigenvalue weighted by atomic mass is 15.0. The molecule has 0 radical (unpaired) electrons. The smallest absolute Gasteiger partial charge is 0.0582 e. The molecule has 1 aliphatic heterocycles. The number of aromatic nitrogens is 1. The largest absolute Gasteiger partial charge is 0.309 e. The molecule has 0 aliphatic carbocycles. The molecule has 1 nitrogen and oxygen atoms in total. The van der Waals surface area contributed by atoms with Gasteiger partial charge in [0.15, 0.2) is 0 Å². The second-order valence-corrected chi connectivity index (χ2v) is 11.5. The molecule has 1 heteroatoms. The van der Waals surface area contributed by atoms with Crippen molar-refractivity contribution in [2.45, 2.75) is 26.2 Å². The molecule has 0 fully saturated rings. The summed E-state index contributed by atoms with van der Waals surface area (Å²) in [5.41, 5.74) is 13.0. The van der Waals surface area contributed by atoms with Crippen LogP contribution in [0.3, 0.4) is 0 Å². The van der Waals surface area contributed by atoms with Crippen LogP contribution in [0.15, 0.2) is 121 Å². The van der Waals surface area contributed by atoms with E-state index in [2.05, 4.69) is 147 Å². The monoisotopic (exact) mass is 499 g/mol. The van der Waals surface area contributed by atoms with Crippen LogP contribution in [-0.4, -0.2) is 4.57 Å². The van der Waals surface area contributed by atoms with E-state index in [0.29, 0.717) is 0 Å². The molecule has 0 amide bonds. The van der Waals surface area contributed by atoms with Crippen molar-refractivity contribution in [2.75, 3.05) is 0 Å². The maximum absolute atomic E-state index is 2.49. The Hall–Kier alpha value is -4.62. The summed E-state index contributed by atoms with van der Waals surface area (Å²) < 4.78 is 2.49. The highest BCUT2D eigenvalue weighted by molar-refractivity contribution is 6.11. The van der Waals surface area contributed by atoms with Crippen LogP contribution in [0.4, 0.5) is 0 Å². The molecule has 0 atom stereocenters. The van der Waals surface area contributed by atoms with Gasteiger partial charge in [-0.1, -0.05) is 111 Å². The van der Waals surface area contributed by atoms with Crippen molar-refractivity contribution >= 4 is 32.6 Å². The SMILES string of the molecule is Cc1ccc2ccccc2c1-c1cccc(-c2ccc3c(c2)C(C)(C)c2cccc4c5ccccc5n-3c24)c1. The standard InChI is InChI=1S/C38H29N/c1-24-18-19-25-10-4-5-13-29(25)36(24)28-12-8-11-26(22-28)27-20-21-35-33(23-27)38(2,3)32-16-9-15-31-30-14-6-7-17-34(30)39(35)37(31)32/h4-23H,1-3H3. The first-order valence-corrected chi connectivity index (χ1v) is 13.8. The topological polar surface area (TPSA) is 4.93 Å². The Kier molecular flexibility index (Phi) is 4.56. The number of aryl methyl sites for hydroxylation is 1. The molecule has 2 heterocycles. The van der Waals surface area contributed by atoms with E-state index in [4.69, 9.17) is 0 Å². The first-order valence-electron chi connectivity index (χ1n) is 13.8. The lowest BCUT2D eigenvalue weighted by Crippen LogP contribution is -2.26. The fourth-order valence-corrected chi connectivity index (χ4v) is 6.95. The highest BCUT2D eigenvalue weighted by Crippen LogP contribution is 2.48. The van der Waals surface area contributed by atoms with Gasteiger partial charge in [-0.15, -0.1) is 0 Å². The van der Waals surface area contributed by atoms with Gasteiger partial charge in [0.1, 0.15) is 0 Å². The van der Waals surface area contributed by atoms with E-state index in [1.807, 2.05) is 0 Å². The third-order valence-corrected chi connectivity index (χ3v) is 8.90. The quantitative estimate of drug-likeness (QED) is 0.223. The molecule has 1 aromatic heterocycles. The molecule has 0 saturated carbocycles. The Balaban J connectivity index is 1.35. The van der Waals surface area contributed by atoms with Crippen LogP contribution in [0.2, 0.25) is 0 Å². The van der Waals surface area contributed by atoms with Gasteiger partial charge in [-0.25, -0.2) is 0 Å². The molecule has 39 heavy (non-hydrogen) atoms. The first-order chi connectivity index (χ1) is 19.0. The Morgan fingerprint density at radius 2 is 1.26 bits per heavy atom. The average Bonchev–Trinajstić information content (AvgIpc) is 3.31. The predicted molar refractivity (Wildman–Crippen MR) is 166 cm³/mol. The lowest BCUT2D eigenvalue weighted by atomic mass is 9.74. The summed E-state index contributed by atoms with van der Waals surface area (Å²) in [7, 11) is 0. The van der Waals surface area contributed by atoms with Gasteiger partial charge >= 0.3 is 0 Å². The lowest BCUT2D eigenvalue weighted by Gasteiger charge is -2.35. The van der Waals surface area contributed by atoms with Gasteiger partial charge in [0.25, 0.3) is 0 Å². The van der Waals surface area contributed by atoms with Gasteiger partial charge in [-0.2, -0.15) is 0 Å². The molecular weight excluding hydrogens is 470 g/mol. The number of nitrogens with zero attached hydrogens (tertiary/aromatic N) is 1. The molecule has 186 valence electrons. The summed E-state index contributed by atoms with van der Waals surface area (Å²) in [5.74, 6) is 0. The zero-order chi connectivity index (χ0) is 26.3. The van der Waals surface area contributed by atoms with E-state index in [0.717, 1.165) is 0 Å². The first kappa shape index (κ1) is 22.4. The summed E-state index contributed by atoms with van der Waals surface area (Å²) >= 11 is 0. The van der Waals surface area contributed by atoms with E-state index in [1.54, 1.807) is 0 Å². The minimum Gasteiger partial charge on any atom is -0.309 e. The van der Waals surface area contributed by atoms with Crippen LogP contribution in [0, 0.1) is 6.92 Å². The van der Waals surface area contributed by atoms with Gasteiger partial charge in [0.05, 0.1) is 16.7 Å². The van der Waals surface area contributed by atoms with Crippen molar-refractivity contribution in [3.8, 4) is 27.9 Å². The van der Waals surface area contributed by atoms with Crippen molar-refractivity contribution in [3.05, 3.63) is 138 Å². The van der Waals surface area contributed by atoms with Gasteiger partial charge in [0.2, 0.25) is 0 Å². The summed E-state index contributed by atoms with van der Waals surface area (Å²) in [6.07, 6.45) is 0. The predicted octanol–water partition coefficient (Wildman–Crippen LogP) is 10.2. The van der Waals surface area contributed by atoms with Crippen LogP contribution < -0.4 is 0 Å². The molecule has 1 aliphatic rings. The second kappa shape index (κ2) is 7.94. The van der Waals surface area contributed by atoms with E-state index < -0.39 is 0 Å². The van der Waals surface area contributed by atoms with Crippen LogP contribution in [-0.2, 0) is 5.41 Å². The zero-order valence-electron chi connectivity index (χ0n) is 22.5. The maximum atomic E-state index is 2.49.